The molecule has 0 amide bonds. The number of nitrogens with one attached hydrogen (secondary N) is 1. The molecule has 0 radical (unpaired) electrons. The maximum atomic E-state index is 12.3. The largest absolute Gasteiger partial charge is 0.382 e. The Morgan fingerprint density at radius 1 is 1.45 bits per heavy atom. The van der Waals surface area contributed by atoms with Gasteiger partial charge in [-0.2, -0.15) is 4.39 Å². The lowest BCUT2D eigenvalue weighted by Crippen LogP contribution is -2.09. The molecular weight excluding hydrogens is 143 g/mol. The predicted molar refractivity (Wildman–Crippen MR) is 43.0 cm³/mol. The van der Waals surface area contributed by atoms with Crippen molar-refractivity contribution in [2.24, 2.45) is 0 Å². The molecule has 1 N–H and O–H groups in total. The molecule has 0 aliphatic carbocycles. The Morgan fingerprint density at radius 3 is 2.64 bits per heavy atom. The summed E-state index contributed by atoms with van der Waals surface area (Å²) in [5.74, 6) is -0.445. The molecule has 60 valence electrons. The normalized spacial score (nSPS) is 10.2. The van der Waals surface area contributed by atoms with Crippen LogP contribution in [0.25, 0.3) is 0 Å². The van der Waals surface area contributed by atoms with Gasteiger partial charge >= 0.3 is 0 Å². The minimum absolute atomic E-state index is 0.349. The molecule has 0 bridgehead atoms. The van der Waals surface area contributed by atoms with E-state index in [1.54, 1.807) is 6.07 Å². The summed E-state index contributed by atoms with van der Waals surface area (Å²) in [6.45, 7) is 4.03. The van der Waals surface area contributed by atoms with Gasteiger partial charge in [-0.25, -0.2) is 4.98 Å². The highest BCUT2D eigenvalue weighted by Crippen LogP contribution is 2.05. The summed E-state index contributed by atoms with van der Waals surface area (Å²) >= 11 is 0. The first-order chi connectivity index (χ1) is 5.18. The number of hydrogen-bond donors (Lipinski definition) is 1. The van der Waals surface area contributed by atoms with Gasteiger partial charge in [-0.3, -0.25) is 0 Å². The Kier molecular flexibility index (Phi) is 2.41. The van der Waals surface area contributed by atoms with Gasteiger partial charge in [-0.05, 0) is 26.0 Å². The summed E-state index contributed by atoms with van der Waals surface area (Å²) in [5, 5.41) is 3.10. The number of halogens is 1. The van der Waals surface area contributed by atoms with Gasteiger partial charge in [0.1, 0.15) is 0 Å². The minimum Gasteiger partial charge on any atom is -0.382 e. The topological polar surface area (TPSA) is 24.9 Å². The Balaban J connectivity index is 2.66. The molecule has 0 aliphatic rings. The zero-order chi connectivity index (χ0) is 8.27. The van der Waals surface area contributed by atoms with Gasteiger partial charge in [0.15, 0.2) is 0 Å². The summed E-state index contributed by atoms with van der Waals surface area (Å²) < 4.78 is 12.3. The second kappa shape index (κ2) is 3.32. The van der Waals surface area contributed by atoms with E-state index in [1.807, 2.05) is 13.8 Å². The van der Waals surface area contributed by atoms with Crippen LogP contribution in [0.3, 0.4) is 0 Å². The van der Waals surface area contributed by atoms with Crippen molar-refractivity contribution in [1.82, 2.24) is 4.98 Å². The third-order valence-corrected chi connectivity index (χ3v) is 1.18. The first-order valence-corrected chi connectivity index (χ1v) is 3.56. The Hall–Kier alpha value is -1.12. The van der Waals surface area contributed by atoms with E-state index in [9.17, 15) is 4.39 Å². The molecule has 1 aromatic heterocycles. The quantitative estimate of drug-likeness (QED) is 0.659. The molecule has 2 nitrogen and oxygen atoms in total. The third kappa shape index (κ3) is 2.53. The molecule has 3 heteroatoms. The van der Waals surface area contributed by atoms with Crippen LogP contribution in [0.5, 0.6) is 0 Å². The molecule has 0 saturated carbocycles. The molecule has 0 unspecified atom stereocenters. The highest BCUT2D eigenvalue weighted by Gasteiger charge is 1.95. The van der Waals surface area contributed by atoms with Gasteiger partial charge in [-0.15, -0.1) is 0 Å². The van der Waals surface area contributed by atoms with Crippen LogP contribution in [0, 0.1) is 5.95 Å². The lowest BCUT2D eigenvalue weighted by atomic mass is 10.3. The van der Waals surface area contributed by atoms with Crippen molar-refractivity contribution in [3.05, 3.63) is 24.3 Å². The monoisotopic (exact) mass is 154 g/mol. The lowest BCUT2D eigenvalue weighted by Gasteiger charge is -2.08. The van der Waals surface area contributed by atoms with Gasteiger partial charge in [0, 0.05) is 6.04 Å². The number of nitrogens with zero attached hydrogens (tertiary/aromatic N) is 1. The average Bonchev–Trinajstić information content (AvgIpc) is 1.93. The van der Waals surface area contributed by atoms with Crippen molar-refractivity contribution in [3.63, 3.8) is 0 Å². The Morgan fingerprint density at radius 2 is 2.18 bits per heavy atom. The minimum atomic E-state index is -0.445. The summed E-state index contributed by atoms with van der Waals surface area (Å²) in [6, 6.07) is 3.36. The third-order valence-electron chi connectivity index (χ3n) is 1.18. The van der Waals surface area contributed by atoms with E-state index in [-0.39, 0.29) is 0 Å². The van der Waals surface area contributed by atoms with Crippen LogP contribution in [0.2, 0.25) is 0 Å². The van der Waals surface area contributed by atoms with Crippen LogP contribution < -0.4 is 5.32 Å². The molecule has 0 saturated heterocycles. The fourth-order valence-corrected chi connectivity index (χ4v) is 0.795. The standard InChI is InChI=1S/C8H11FN2/c1-6(2)11-7-3-4-8(9)10-5-7/h3-6,11H,1-2H3. The van der Waals surface area contributed by atoms with E-state index in [0.29, 0.717) is 6.04 Å². The van der Waals surface area contributed by atoms with Gasteiger partial charge in [0.05, 0.1) is 11.9 Å². The molecule has 0 atom stereocenters. The molecule has 0 aromatic carbocycles. The van der Waals surface area contributed by atoms with Crippen LogP contribution in [0.4, 0.5) is 10.1 Å². The lowest BCUT2D eigenvalue weighted by molar-refractivity contribution is 0.584. The van der Waals surface area contributed by atoms with Crippen molar-refractivity contribution in [1.29, 1.82) is 0 Å². The number of pyridine rings is 1. The van der Waals surface area contributed by atoms with Gasteiger partial charge < -0.3 is 5.32 Å². The van der Waals surface area contributed by atoms with Crippen molar-refractivity contribution < 1.29 is 4.39 Å². The van der Waals surface area contributed by atoms with Crippen LogP contribution in [-0.2, 0) is 0 Å². The predicted octanol–water partition coefficient (Wildman–Crippen LogP) is 2.04. The molecule has 1 rings (SSSR count). The number of hydrogen-bond acceptors (Lipinski definition) is 2. The fraction of sp³-hybridized carbons (Fsp3) is 0.375. The molecule has 1 aromatic rings. The smallest absolute Gasteiger partial charge is 0.212 e. The van der Waals surface area contributed by atoms with Crippen molar-refractivity contribution in [2.45, 2.75) is 19.9 Å². The number of anilines is 1. The van der Waals surface area contributed by atoms with E-state index in [4.69, 9.17) is 0 Å². The van der Waals surface area contributed by atoms with Crippen molar-refractivity contribution >= 4 is 5.69 Å². The maximum absolute atomic E-state index is 12.3. The van der Waals surface area contributed by atoms with Crippen LogP contribution in [0.1, 0.15) is 13.8 Å². The van der Waals surface area contributed by atoms with Crippen molar-refractivity contribution in [3.8, 4) is 0 Å². The summed E-state index contributed by atoms with van der Waals surface area (Å²) in [6.07, 6.45) is 1.48. The maximum Gasteiger partial charge on any atom is 0.212 e. The van der Waals surface area contributed by atoms with Gasteiger partial charge in [0.2, 0.25) is 5.95 Å². The molecule has 0 aliphatic heterocycles. The zero-order valence-electron chi connectivity index (χ0n) is 6.63. The Bertz CT molecular complexity index is 218. The second-order valence-electron chi connectivity index (χ2n) is 2.67. The number of aromatic nitrogens is 1. The van der Waals surface area contributed by atoms with E-state index in [0.717, 1.165) is 5.69 Å². The van der Waals surface area contributed by atoms with Gasteiger partial charge in [0.25, 0.3) is 0 Å². The zero-order valence-corrected chi connectivity index (χ0v) is 6.63. The van der Waals surface area contributed by atoms with Crippen molar-refractivity contribution in [2.75, 3.05) is 5.32 Å². The first kappa shape index (κ1) is 7.98. The van der Waals surface area contributed by atoms with Crippen LogP contribution >= 0.6 is 0 Å². The van der Waals surface area contributed by atoms with Crippen LogP contribution in [0.15, 0.2) is 18.3 Å². The first-order valence-electron chi connectivity index (χ1n) is 3.56. The summed E-state index contributed by atoms with van der Waals surface area (Å²) in [4.78, 5) is 3.50. The number of rotatable bonds is 2. The highest BCUT2D eigenvalue weighted by atomic mass is 19.1. The summed E-state index contributed by atoms with van der Waals surface area (Å²) in [7, 11) is 0. The fourth-order valence-electron chi connectivity index (χ4n) is 0.795. The molecule has 0 fully saturated rings. The molecule has 0 spiro atoms. The summed E-state index contributed by atoms with van der Waals surface area (Å²) in [5.41, 5.74) is 0.849. The Labute approximate surface area is 65.5 Å². The van der Waals surface area contributed by atoms with Gasteiger partial charge in [-0.1, -0.05) is 0 Å². The second-order valence-corrected chi connectivity index (χ2v) is 2.67. The highest BCUT2D eigenvalue weighted by molar-refractivity contribution is 5.40. The molecule has 11 heavy (non-hydrogen) atoms. The van der Waals surface area contributed by atoms with E-state index in [2.05, 4.69) is 10.3 Å². The van der Waals surface area contributed by atoms with E-state index in [1.165, 1.54) is 12.3 Å². The van der Waals surface area contributed by atoms with Crippen LogP contribution in [-0.4, -0.2) is 11.0 Å². The SMILES string of the molecule is CC(C)Nc1ccc(F)nc1. The molecular formula is C8H11FN2. The molecule has 1 heterocycles. The van der Waals surface area contributed by atoms with E-state index < -0.39 is 5.95 Å². The van der Waals surface area contributed by atoms with E-state index >= 15 is 0 Å². The average molecular weight is 154 g/mol.